The van der Waals surface area contributed by atoms with E-state index >= 15 is 0 Å². The van der Waals surface area contributed by atoms with Gasteiger partial charge >= 0.3 is 11.9 Å². The van der Waals surface area contributed by atoms with Gasteiger partial charge < -0.3 is 19.1 Å². The zero-order valence-electron chi connectivity index (χ0n) is 15.0. The van der Waals surface area contributed by atoms with Gasteiger partial charge in [-0.3, -0.25) is 4.79 Å². The summed E-state index contributed by atoms with van der Waals surface area (Å²) in [6.07, 6.45) is 1.27. The molecule has 1 aromatic rings. The summed E-state index contributed by atoms with van der Waals surface area (Å²) in [7, 11) is 0. The Balaban J connectivity index is 1.79. The number of rotatable bonds is 8. The summed E-state index contributed by atoms with van der Waals surface area (Å²) in [5, 5.41) is 1.07. The topological polar surface area (TPSA) is 82.1 Å². The highest BCUT2D eigenvalue weighted by Gasteiger charge is 2.27. The van der Waals surface area contributed by atoms with Crippen LogP contribution in [-0.2, 0) is 23.9 Å². The molecule has 27 heavy (non-hydrogen) atoms. The Morgan fingerprint density at radius 1 is 1.33 bits per heavy atom. The van der Waals surface area contributed by atoms with Crippen LogP contribution in [0, 0.1) is 6.92 Å². The first-order valence-corrected chi connectivity index (χ1v) is 9.63. The summed E-state index contributed by atoms with van der Waals surface area (Å²) >= 11 is 7.11. The maximum absolute atomic E-state index is 11.9. The molecule has 0 spiro atoms. The molecule has 0 saturated carbocycles. The molecule has 0 unspecified atom stereocenters. The normalized spacial score (nSPS) is 15.1. The summed E-state index contributed by atoms with van der Waals surface area (Å²) in [5.41, 5.74) is 0.809. The van der Waals surface area contributed by atoms with E-state index < -0.39 is 11.9 Å². The Morgan fingerprint density at radius 2 is 2.11 bits per heavy atom. The van der Waals surface area contributed by atoms with Gasteiger partial charge in [0.15, 0.2) is 6.61 Å². The molecule has 1 aliphatic rings. The van der Waals surface area contributed by atoms with Gasteiger partial charge in [0.2, 0.25) is 5.91 Å². The van der Waals surface area contributed by atoms with Gasteiger partial charge in [0.25, 0.3) is 0 Å². The number of thioether (sulfide) groups is 1. The van der Waals surface area contributed by atoms with Crippen LogP contribution in [-0.4, -0.2) is 54.9 Å². The highest BCUT2D eigenvalue weighted by Crippen LogP contribution is 2.28. The molecule has 0 radical (unpaired) electrons. The maximum atomic E-state index is 11.9. The number of carbonyl (C=O) groups is 3. The second-order valence-corrected chi connectivity index (χ2v) is 6.92. The van der Waals surface area contributed by atoms with Crippen molar-refractivity contribution in [2.75, 3.05) is 32.1 Å². The van der Waals surface area contributed by atoms with Crippen LogP contribution in [0.25, 0.3) is 0 Å². The van der Waals surface area contributed by atoms with Crippen molar-refractivity contribution in [3.63, 3.8) is 0 Å². The smallest absolute Gasteiger partial charge is 0.344 e. The van der Waals surface area contributed by atoms with E-state index in [4.69, 9.17) is 25.8 Å². The lowest BCUT2D eigenvalue weighted by molar-refractivity contribution is -0.147. The minimum absolute atomic E-state index is 0.00570. The Hall–Kier alpha value is -2.19. The highest BCUT2D eigenvalue weighted by molar-refractivity contribution is 8.04. The van der Waals surface area contributed by atoms with Gasteiger partial charge in [-0.05, 0) is 37.6 Å². The molecular weight excluding hydrogens is 394 g/mol. The van der Waals surface area contributed by atoms with Crippen LogP contribution in [0.1, 0.15) is 12.5 Å². The lowest BCUT2D eigenvalue weighted by Gasteiger charge is -2.17. The summed E-state index contributed by atoms with van der Waals surface area (Å²) < 4.78 is 15.4. The number of ether oxygens (including phenoxy) is 3. The maximum Gasteiger partial charge on any atom is 0.344 e. The number of esters is 2. The average molecular weight is 414 g/mol. The number of benzene rings is 1. The average Bonchev–Trinajstić information content (AvgIpc) is 2.94. The first kappa shape index (κ1) is 21.1. The van der Waals surface area contributed by atoms with Crippen molar-refractivity contribution in [1.82, 2.24) is 4.90 Å². The van der Waals surface area contributed by atoms with Crippen LogP contribution in [0.5, 0.6) is 5.75 Å². The molecule has 1 aliphatic heterocycles. The van der Waals surface area contributed by atoms with Crippen molar-refractivity contribution >= 4 is 41.2 Å². The van der Waals surface area contributed by atoms with E-state index in [1.807, 2.05) is 6.92 Å². The highest BCUT2D eigenvalue weighted by atomic mass is 35.5. The molecule has 1 amide bonds. The van der Waals surface area contributed by atoms with Crippen LogP contribution in [0.3, 0.4) is 0 Å². The molecule has 0 aromatic heterocycles. The summed E-state index contributed by atoms with van der Waals surface area (Å²) in [4.78, 5) is 36.7. The molecular formula is C18H20ClNO6S. The first-order valence-electron chi connectivity index (χ1n) is 8.27. The second kappa shape index (κ2) is 10.2. The van der Waals surface area contributed by atoms with Crippen molar-refractivity contribution in [2.24, 2.45) is 0 Å². The molecule has 9 heteroatoms. The minimum atomic E-state index is -0.556. The van der Waals surface area contributed by atoms with E-state index in [1.165, 1.54) is 22.7 Å². The second-order valence-electron chi connectivity index (χ2n) is 5.49. The fourth-order valence-corrected chi connectivity index (χ4v) is 3.44. The Labute approximate surface area is 166 Å². The van der Waals surface area contributed by atoms with Gasteiger partial charge in [-0.15, -0.1) is 0 Å². The molecule has 1 fully saturated rings. The number of aryl methyl sites for hydroxylation is 1. The summed E-state index contributed by atoms with van der Waals surface area (Å²) in [6.45, 7) is 3.68. The fourth-order valence-electron chi connectivity index (χ4n) is 2.26. The number of carbonyl (C=O) groups excluding carboxylic acids is 3. The van der Waals surface area contributed by atoms with Crippen molar-refractivity contribution < 1.29 is 28.6 Å². The number of nitrogens with zero attached hydrogens (tertiary/aromatic N) is 1. The number of hydrogen-bond donors (Lipinski definition) is 0. The molecule has 7 nitrogen and oxygen atoms in total. The number of halogens is 1. The lowest BCUT2D eigenvalue weighted by atomic mass is 10.2. The minimum Gasteiger partial charge on any atom is -0.482 e. The lowest BCUT2D eigenvalue weighted by Crippen LogP contribution is -2.30. The number of hydrogen-bond acceptors (Lipinski definition) is 7. The quantitative estimate of drug-likeness (QED) is 0.478. The van der Waals surface area contributed by atoms with Gasteiger partial charge in [0.05, 0.1) is 30.0 Å². The van der Waals surface area contributed by atoms with Crippen molar-refractivity contribution in [1.29, 1.82) is 0 Å². The summed E-state index contributed by atoms with van der Waals surface area (Å²) in [6, 6.07) is 5.08. The molecule has 0 N–H and O–H groups in total. The van der Waals surface area contributed by atoms with E-state index in [0.29, 0.717) is 15.8 Å². The number of amides is 1. The van der Waals surface area contributed by atoms with Crippen molar-refractivity contribution in [3.05, 3.63) is 39.9 Å². The van der Waals surface area contributed by atoms with E-state index in [1.54, 1.807) is 25.1 Å². The third-order valence-electron chi connectivity index (χ3n) is 3.50. The molecule has 1 heterocycles. The first-order chi connectivity index (χ1) is 12.9. The van der Waals surface area contributed by atoms with E-state index in [9.17, 15) is 14.4 Å². The van der Waals surface area contributed by atoms with Crippen molar-refractivity contribution in [2.45, 2.75) is 13.8 Å². The van der Waals surface area contributed by atoms with E-state index in [2.05, 4.69) is 0 Å². The van der Waals surface area contributed by atoms with Gasteiger partial charge in [-0.1, -0.05) is 23.4 Å². The third-order valence-corrected chi connectivity index (χ3v) is 4.76. The molecule has 0 aliphatic carbocycles. The van der Waals surface area contributed by atoms with Crippen LogP contribution < -0.4 is 4.74 Å². The molecule has 146 valence electrons. The molecule has 1 aromatic carbocycles. The fraction of sp³-hybridized carbons (Fsp3) is 0.389. The van der Waals surface area contributed by atoms with Crippen LogP contribution >= 0.6 is 23.4 Å². The van der Waals surface area contributed by atoms with Gasteiger partial charge in [-0.25, -0.2) is 9.59 Å². The van der Waals surface area contributed by atoms with Crippen LogP contribution in [0.15, 0.2) is 29.3 Å². The Bertz CT molecular complexity index is 751. The SMILES string of the molecule is CCOC(=O)/C=C1\SCC(=O)N1CCOC(=O)COc1ccc(Cl)cc1C. The van der Waals surface area contributed by atoms with Crippen LogP contribution in [0.2, 0.25) is 5.02 Å². The Morgan fingerprint density at radius 3 is 2.81 bits per heavy atom. The monoisotopic (exact) mass is 413 g/mol. The predicted molar refractivity (Wildman–Crippen MR) is 102 cm³/mol. The largest absolute Gasteiger partial charge is 0.482 e. The zero-order chi connectivity index (χ0) is 19.8. The standard InChI is InChI=1S/C18H20ClNO6S/c1-3-24-17(22)9-16-20(15(21)11-27-16)6-7-25-18(23)10-26-14-5-4-13(19)8-12(14)2/h4-5,8-9H,3,6-7,10-11H2,1-2H3/b16-9-. The summed E-state index contributed by atoms with van der Waals surface area (Å²) in [5.74, 6) is -0.442. The van der Waals surface area contributed by atoms with Gasteiger partial charge in [0, 0.05) is 5.02 Å². The van der Waals surface area contributed by atoms with Gasteiger partial charge in [-0.2, -0.15) is 0 Å². The molecule has 1 saturated heterocycles. The van der Waals surface area contributed by atoms with Gasteiger partial charge in [0.1, 0.15) is 12.4 Å². The zero-order valence-corrected chi connectivity index (χ0v) is 16.6. The molecule has 0 atom stereocenters. The third kappa shape index (κ3) is 6.48. The van der Waals surface area contributed by atoms with Crippen molar-refractivity contribution in [3.8, 4) is 5.75 Å². The van der Waals surface area contributed by atoms with E-state index in [-0.39, 0.29) is 38.0 Å². The predicted octanol–water partition coefficient (Wildman–Crippen LogP) is 2.55. The molecule has 0 bridgehead atoms. The van der Waals surface area contributed by atoms with E-state index in [0.717, 1.165) is 5.56 Å². The Kier molecular flexibility index (Phi) is 7.99. The van der Waals surface area contributed by atoms with Crippen LogP contribution in [0.4, 0.5) is 0 Å². The molecule has 2 rings (SSSR count).